The minimum atomic E-state index is 0.275. The molecule has 1 unspecified atom stereocenters. The van der Waals surface area contributed by atoms with E-state index in [9.17, 15) is 0 Å². The van der Waals surface area contributed by atoms with Crippen molar-refractivity contribution in [1.29, 1.82) is 0 Å². The van der Waals surface area contributed by atoms with Crippen LogP contribution in [0.5, 0.6) is 0 Å². The quantitative estimate of drug-likeness (QED) is 0.479. The van der Waals surface area contributed by atoms with Crippen LogP contribution in [0.25, 0.3) is 0 Å². The van der Waals surface area contributed by atoms with Crippen LogP contribution in [0.3, 0.4) is 0 Å². The fourth-order valence-electron chi connectivity index (χ4n) is 5.02. The van der Waals surface area contributed by atoms with Gasteiger partial charge in [-0.15, -0.1) is 5.92 Å². The highest BCUT2D eigenvalue weighted by molar-refractivity contribution is 5.54. The molecule has 1 atom stereocenters. The lowest BCUT2D eigenvalue weighted by Crippen LogP contribution is -2.35. The van der Waals surface area contributed by atoms with Gasteiger partial charge < -0.3 is 4.90 Å². The molecule has 2 aliphatic heterocycles. The van der Waals surface area contributed by atoms with Gasteiger partial charge in [-0.1, -0.05) is 80.1 Å². The van der Waals surface area contributed by atoms with Crippen molar-refractivity contribution in [2.75, 3.05) is 19.6 Å². The van der Waals surface area contributed by atoms with Crippen LogP contribution in [0.1, 0.15) is 56.2 Å². The van der Waals surface area contributed by atoms with Crippen LogP contribution < -0.4 is 0 Å². The minimum Gasteiger partial charge on any atom is -0.340 e. The third-order valence-corrected chi connectivity index (χ3v) is 6.77. The largest absolute Gasteiger partial charge is 0.340 e. The van der Waals surface area contributed by atoms with Crippen molar-refractivity contribution >= 4 is 0 Å². The van der Waals surface area contributed by atoms with Gasteiger partial charge in [-0.3, -0.25) is 4.90 Å². The maximum atomic E-state index is 4.48. The average Bonchev–Trinajstić information content (AvgIpc) is 2.85. The number of piperidine rings is 1. The summed E-state index contributed by atoms with van der Waals surface area (Å²) in [7, 11) is 0. The normalized spacial score (nSPS) is 18.4. The molecule has 164 valence electrons. The van der Waals surface area contributed by atoms with Gasteiger partial charge in [0.25, 0.3) is 0 Å². The molecule has 32 heavy (non-hydrogen) atoms. The molecule has 0 aliphatic carbocycles. The van der Waals surface area contributed by atoms with E-state index >= 15 is 0 Å². The molecular weight excluding hydrogens is 388 g/mol. The summed E-state index contributed by atoms with van der Waals surface area (Å²) >= 11 is 0. The van der Waals surface area contributed by atoms with E-state index in [4.69, 9.17) is 0 Å². The van der Waals surface area contributed by atoms with E-state index in [0.29, 0.717) is 5.92 Å². The van der Waals surface area contributed by atoms with Crippen LogP contribution in [-0.4, -0.2) is 29.4 Å². The Morgan fingerprint density at radius 1 is 1.00 bits per heavy atom. The molecule has 2 aromatic rings. The summed E-state index contributed by atoms with van der Waals surface area (Å²) in [6.07, 6.45) is 7.94. The van der Waals surface area contributed by atoms with Crippen molar-refractivity contribution < 1.29 is 0 Å². The highest BCUT2D eigenvalue weighted by Gasteiger charge is 2.26. The summed E-state index contributed by atoms with van der Waals surface area (Å²) in [4.78, 5) is 4.88. The summed E-state index contributed by atoms with van der Waals surface area (Å²) in [5.74, 6) is 7.19. The first-order chi connectivity index (χ1) is 15.7. The van der Waals surface area contributed by atoms with Gasteiger partial charge in [0.05, 0.1) is 17.3 Å². The van der Waals surface area contributed by atoms with Crippen molar-refractivity contribution in [3.63, 3.8) is 0 Å². The SMILES string of the molecule is C=C1C(C#CC)=C(CN2CCC(c3ccccc3)CC2)C=CN1C(CC)c1ccccc1. The fourth-order valence-corrected chi connectivity index (χ4v) is 5.02. The zero-order chi connectivity index (χ0) is 22.3. The molecule has 2 aliphatic rings. The topological polar surface area (TPSA) is 6.48 Å². The van der Waals surface area contributed by atoms with E-state index in [1.807, 2.05) is 6.92 Å². The Labute approximate surface area is 193 Å². The highest BCUT2D eigenvalue weighted by atomic mass is 15.2. The Kier molecular flexibility index (Phi) is 7.30. The van der Waals surface area contributed by atoms with Crippen molar-refractivity contribution in [3.8, 4) is 11.8 Å². The lowest BCUT2D eigenvalue weighted by molar-refractivity contribution is 0.228. The van der Waals surface area contributed by atoms with Gasteiger partial charge >= 0.3 is 0 Å². The van der Waals surface area contributed by atoms with Gasteiger partial charge in [-0.25, -0.2) is 0 Å². The minimum absolute atomic E-state index is 0.275. The van der Waals surface area contributed by atoms with Crippen molar-refractivity contribution in [2.45, 2.75) is 45.1 Å². The van der Waals surface area contributed by atoms with Gasteiger partial charge in [0.15, 0.2) is 0 Å². The summed E-state index contributed by atoms with van der Waals surface area (Å²) in [5, 5.41) is 0. The molecule has 2 nitrogen and oxygen atoms in total. The summed E-state index contributed by atoms with van der Waals surface area (Å²) in [6, 6.07) is 22.0. The van der Waals surface area contributed by atoms with Crippen LogP contribution in [0, 0.1) is 11.8 Å². The standard InChI is InChI=1S/C30H34N2/c1-4-12-29-24(3)32(30(5-2)27-15-10-7-11-16-27)22-19-28(29)23-31-20-17-26(18-21-31)25-13-8-6-9-14-25/h6-11,13-16,19,22,26,30H,3,5,17-18,20-21,23H2,1-2H3. The molecule has 0 bridgehead atoms. The number of likely N-dealkylation sites (tertiary alicyclic amines) is 1. The first-order valence-electron chi connectivity index (χ1n) is 11.8. The number of rotatable bonds is 6. The summed E-state index contributed by atoms with van der Waals surface area (Å²) in [5.41, 5.74) is 6.20. The van der Waals surface area contributed by atoms with E-state index in [1.54, 1.807) is 0 Å². The Hall–Kier alpha value is -3.02. The van der Waals surface area contributed by atoms with E-state index in [2.05, 4.69) is 108 Å². The van der Waals surface area contributed by atoms with E-state index in [-0.39, 0.29) is 6.04 Å². The molecule has 4 rings (SSSR count). The molecule has 0 spiro atoms. The molecule has 1 saturated heterocycles. The van der Waals surface area contributed by atoms with Gasteiger partial charge in [-0.05, 0) is 68.0 Å². The zero-order valence-corrected chi connectivity index (χ0v) is 19.4. The second kappa shape index (κ2) is 10.5. The molecule has 0 amide bonds. The van der Waals surface area contributed by atoms with Gasteiger partial charge in [0.2, 0.25) is 0 Å². The van der Waals surface area contributed by atoms with Crippen LogP contribution in [0.2, 0.25) is 0 Å². The molecule has 1 fully saturated rings. The predicted molar refractivity (Wildman–Crippen MR) is 135 cm³/mol. The maximum absolute atomic E-state index is 4.48. The van der Waals surface area contributed by atoms with Gasteiger partial charge in [0.1, 0.15) is 0 Å². The van der Waals surface area contributed by atoms with Crippen LogP contribution >= 0.6 is 0 Å². The van der Waals surface area contributed by atoms with Crippen molar-refractivity contribution in [1.82, 2.24) is 9.80 Å². The molecule has 0 N–H and O–H groups in total. The third kappa shape index (κ3) is 4.90. The predicted octanol–water partition coefficient (Wildman–Crippen LogP) is 6.68. The number of nitrogens with zero attached hydrogens (tertiary/aromatic N) is 2. The first kappa shape index (κ1) is 22.2. The van der Waals surface area contributed by atoms with Gasteiger partial charge in [0, 0.05) is 12.7 Å². The Morgan fingerprint density at radius 2 is 1.66 bits per heavy atom. The van der Waals surface area contributed by atoms with Crippen molar-refractivity contribution in [2.24, 2.45) is 0 Å². The third-order valence-electron chi connectivity index (χ3n) is 6.77. The van der Waals surface area contributed by atoms with E-state index in [1.165, 1.54) is 29.5 Å². The Balaban J connectivity index is 1.47. The van der Waals surface area contributed by atoms with Crippen LogP contribution in [-0.2, 0) is 0 Å². The van der Waals surface area contributed by atoms with E-state index < -0.39 is 0 Å². The average molecular weight is 423 g/mol. The fraction of sp³-hybridized carbons (Fsp3) is 0.333. The second-order valence-electron chi connectivity index (χ2n) is 8.74. The molecule has 0 radical (unpaired) electrons. The molecule has 2 heterocycles. The number of benzene rings is 2. The zero-order valence-electron chi connectivity index (χ0n) is 19.4. The second-order valence-corrected chi connectivity index (χ2v) is 8.74. The molecule has 0 saturated carbocycles. The number of hydrogen-bond acceptors (Lipinski definition) is 2. The smallest absolute Gasteiger partial charge is 0.0583 e. The highest BCUT2D eigenvalue weighted by Crippen LogP contribution is 2.35. The summed E-state index contributed by atoms with van der Waals surface area (Å²) in [6.45, 7) is 11.8. The lowest BCUT2D eigenvalue weighted by Gasteiger charge is -2.37. The molecule has 0 aromatic heterocycles. The molecule has 2 heteroatoms. The monoisotopic (exact) mass is 422 g/mol. The van der Waals surface area contributed by atoms with Crippen LogP contribution in [0.4, 0.5) is 0 Å². The number of allylic oxidation sites excluding steroid dienone is 1. The number of hydrogen-bond donors (Lipinski definition) is 0. The van der Waals surface area contributed by atoms with Crippen molar-refractivity contribution in [3.05, 3.63) is 107 Å². The lowest BCUT2D eigenvalue weighted by atomic mass is 9.89. The van der Waals surface area contributed by atoms with Gasteiger partial charge in [-0.2, -0.15) is 0 Å². The van der Waals surface area contributed by atoms with E-state index in [0.717, 1.165) is 37.3 Å². The maximum Gasteiger partial charge on any atom is 0.0583 e. The Bertz CT molecular complexity index is 1030. The van der Waals surface area contributed by atoms with Crippen LogP contribution in [0.15, 0.2) is 96.4 Å². The summed E-state index contributed by atoms with van der Waals surface area (Å²) < 4.78 is 0. The molecule has 2 aromatic carbocycles. The first-order valence-corrected chi connectivity index (χ1v) is 11.8. The molecular formula is C30H34N2. The Morgan fingerprint density at radius 3 is 2.28 bits per heavy atom.